The molecule has 0 aliphatic heterocycles. The molecular formula is C11H13ClFNO. The average molecular weight is 230 g/mol. The molecule has 0 aromatic heterocycles. The van der Waals surface area contributed by atoms with E-state index in [0.29, 0.717) is 6.54 Å². The Morgan fingerprint density at radius 2 is 2.13 bits per heavy atom. The van der Waals surface area contributed by atoms with Gasteiger partial charge in [0.1, 0.15) is 0 Å². The Kier molecular flexibility index (Phi) is 2.61. The number of hydrogen-bond donors (Lipinski definition) is 2. The third-order valence-electron chi connectivity index (χ3n) is 3.33. The van der Waals surface area contributed by atoms with Crippen LogP contribution in [-0.2, 0) is 5.41 Å². The highest BCUT2D eigenvalue weighted by Crippen LogP contribution is 2.44. The summed E-state index contributed by atoms with van der Waals surface area (Å²) in [6.45, 7) is 0.494. The van der Waals surface area contributed by atoms with Crippen LogP contribution in [0.2, 0.25) is 5.02 Å². The van der Waals surface area contributed by atoms with Gasteiger partial charge in [-0.15, -0.1) is 0 Å². The van der Waals surface area contributed by atoms with E-state index in [1.807, 2.05) is 0 Å². The van der Waals surface area contributed by atoms with Crippen LogP contribution >= 0.6 is 11.6 Å². The molecule has 82 valence electrons. The predicted molar refractivity (Wildman–Crippen MR) is 57.7 cm³/mol. The summed E-state index contributed by atoms with van der Waals surface area (Å²) >= 11 is 5.73. The summed E-state index contributed by atoms with van der Waals surface area (Å²) in [5, 5.41) is 9.28. The first-order valence-electron chi connectivity index (χ1n) is 4.98. The number of hydrogen-bond acceptors (Lipinski definition) is 2. The van der Waals surface area contributed by atoms with Crippen molar-refractivity contribution in [1.29, 1.82) is 0 Å². The Morgan fingerprint density at radius 1 is 1.47 bits per heavy atom. The van der Waals surface area contributed by atoms with Crippen LogP contribution in [0.3, 0.4) is 0 Å². The maximum Gasteiger partial charge on any atom is 0.170 e. The van der Waals surface area contributed by atoms with Crippen molar-refractivity contribution in [3.05, 3.63) is 28.5 Å². The number of phenolic OH excluding ortho intramolecular Hbond substituents is 1. The molecule has 15 heavy (non-hydrogen) atoms. The molecule has 0 amide bonds. The van der Waals surface area contributed by atoms with Gasteiger partial charge in [0.15, 0.2) is 11.6 Å². The van der Waals surface area contributed by atoms with Gasteiger partial charge in [0.2, 0.25) is 0 Å². The van der Waals surface area contributed by atoms with E-state index in [9.17, 15) is 9.50 Å². The number of rotatable bonds is 2. The monoisotopic (exact) mass is 229 g/mol. The molecule has 2 nitrogen and oxygen atoms in total. The van der Waals surface area contributed by atoms with Crippen LogP contribution in [0.5, 0.6) is 5.75 Å². The van der Waals surface area contributed by atoms with Crippen molar-refractivity contribution in [3.8, 4) is 5.75 Å². The Labute approximate surface area is 92.9 Å². The zero-order valence-corrected chi connectivity index (χ0v) is 9.02. The van der Waals surface area contributed by atoms with E-state index in [-0.39, 0.29) is 10.4 Å². The molecule has 0 unspecified atom stereocenters. The topological polar surface area (TPSA) is 46.2 Å². The molecule has 1 aliphatic carbocycles. The molecule has 2 rings (SSSR count). The van der Waals surface area contributed by atoms with E-state index >= 15 is 0 Å². The minimum Gasteiger partial charge on any atom is -0.504 e. The Bertz CT molecular complexity index is 362. The second-order valence-electron chi connectivity index (χ2n) is 4.13. The molecule has 3 N–H and O–H groups in total. The van der Waals surface area contributed by atoms with Crippen molar-refractivity contribution < 1.29 is 9.50 Å². The van der Waals surface area contributed by atoms with Gasteiger partial charge in [-0.25, -0.2) is 4.39 Å². The third-order valence-corrected chi connectivity index (χ3v) is 3.62. The number of benzene rings is 1. The summed E-state index contributed by atoms with van der Waals surface area (Å²) in [5.41, 5.74) is 6.39. The highest BCUT2D eigenvalue weighted by atomic mass is 35.5. The molecule has 0 spiro atoms. The van der Waals surface area contributed by atoms with E-state index in [1.54, 1.807) is 6.07 Å². The maximum absolute atomic E-state index is 13.3. The first-order chi connectivity index (χ1) is 7.09. The van der Waals surface area contributed by atoms with Gasteiger partial charge in [-0.3, -0.25) is 0 Å². The molecule has 0 atom stereocenters. The zero-order valence-electron chi connectivity index (χ0n) is 8.26. The van der Waals surface area contributed by atoms with E-state index in [0.717, 1.165) is 24.8 Å². The summed E-state index contributed by atoms with van der Waals surface area (Å²) in [5.74, 6) is -1.15. The van der Waals surface area contributed by atoms with Gasteiger partial charge in [0.25, 0.3) is 0 Å². The fourth-order valence-electron chi connectivity index (χ4n) is 2.09. The lowest BCUT2D eigenvalue weighted by Gasteiger charge is -2.41. The minimum absolute atomic E-state index is 0.0599. The van der Waals surface area contributed by atoms with Gasteiger partial charge in [0.05, 0.1) is 5.02 Å². The average Bonchev–Trinajstić information content (AvgIpc) is 2.13. The van der Waals surface area contributed by atoms with Gasteiger partial charge >= 0.3 is 0 Å². The second kappa shape index (κ2) is 3.65. The van der Waals surface area contributed by atoms with Gasteiger partial charge < -0.3 is 10.8 Å². The van der Waals surface area contributed by atoms with E-state index < -0.39 is 11.6 Å². The summed E-state index contributed by atoms with van der Waals surface area (Å²) in [6, 6.07) is 2.96. The van der Waals surface area contributed by atoms with Crippen LogP contribution < -0.4 is 5.73 Å². The SMILES string of the molecule is NCC1(c2cc(F)c(O)c(Cl)c2)CCC1. The van der Waals surface area contributed by atoms with E-state index in [1.165, 1.54) is 6.07 Å². The standard InChI is InChI=1S/C11H13ClFNO/c12-8-4-7(5-9(13)10(8)15)11(6-14)2-1-3-11/h4-5,15H,1-3,6,14H2. The zero-order chi connectivity index (χ0) is 11.1. The van der Waals surface area contributed by atoms with Crippen molar-refractivity contribution in [1.82, 2.24) is 0 Å². The summed E-state index contributed by atoms with van der Waals surface area (Å²) < 4.78 is 13.3. The number of aromatic hydroxyl groups is 1. The fourth-order valence-corrected chi connectivity index (χ4v) is 2.29. The lowest BCUT2D eigenvalue weighted by Crippen LogP contribution is -2.41. The normalized spacial score (nSPS) is 18.6. The minimum atomic E-state index is -0.669. The van der Waals surface area contributed by atoms with Crippen LogP contribution in [0.15, 0.2) is 12.1 Å². The third kappa shape index (κ3) is 1.60. The smallest absolute Gasteiger partial charge is 0.170 e. The molecule has 0 saturated heterocycles. The highest BCUT2D eigenvalue weighted by Gasteiger charge is 2.38. The number of nitrogens with two attached hydrogens (primary N) is 1. The summed E-state index contributed by atoms with van der Waals surface area (Å²) in [7, 11) is 0. The molecule has 1 saturated carbocycles. The second-order valence-corrected chi connectivity index (χ2v) is 4.53. The largest absolute Gasteiger partial charge is 0.504 e. The van der Waals surface area contributed by atoms with Crippen LogP contribution in [0.1, 0.15) is 24.8 Å². The molecule has 1 aromatic rings. The van der Waals surface area contributed by atoms with Gasteiger partial charge in [-0.05, 0) is 30.5 Å². The lowest BCUT2D eigenvalue weighted by molar-refractivity contribution is 0.252. The van der Waals surface area contributed by atoms with Crippen LogP contribution in [-0.4, -0.2) is 11.7 Å². The fraction of sp³-hybridized carbons (Fsp3) is 0.455. The first-order valence-corrected chi connectivity index (χ1v) is 5.35. The molecule has 1 aliphatic rings. The summed E-state index contributed by atoms with van der Waals surface area (Å²) in [4.78, 5) is 0. The van der Waals surface area contributed by atoms with Crippen molar-refractivity contribution >= 4 is 11.6 Å². The molecule has 0 radical (unpaired) electrons. The van der Waals surface area contributed by atoms with E-state index in [4.69, 9.17) is 17.3 Å². The van der Waals surface area contributed by atoms with Gasteiger partial charge in [0, 0.05) is 12.0 Å². The van der Waals surface area contributed by atoms with Gasteiger partial charge in [-0.1, -0.05) is 18.0 Å². The number of halogens is 2. The van der Waals surface area contributed by atoms with Crippen LogP contribution in [0.25, 0.3) is 0 Å². The molecule has 1 fully saturated rings. The molecule has 4 heteroatoms. The quantitative estimate of drug-likeness (QED) is 0.819. The van der Waals surface area contributed by atoms with Crippen molar-refractivity contribution in [2.24, 2.45) is 5.73 Å². The molecule has 1 aromatic carbocycles. The van der Waals surface area contributed by atoms with E-state index in [2.05, 4.69) is 0 Å². The number of phenols is 1. The molecule has 0 heterocycles. The Morgan fingerprint density at radius 3 is 2.53 bits per heavy atom. The lowest BCUT2D eigenvalue weighted by atomic mass is 9.64. The van der Waals surface area contributed by atoms with Crippen molar-refractivity contribution in [2.75, 3.05) is 6.54 Å². The first kappa shape index (κ1) is 10.7. The summed E-state index contributed by atoms with van der Waals surface area (Å²) in [6.07, 6.45) is 3.03. The van der Waals surface area contributed by atoms with Crippen molar-refractivity contribution in [2.45, 2.75) is 24.7 Å². The predicted octanol–water partition coefficient (Wildman–Crippen LogP) is 2.57. The van der Waals surface area contributed by atoms with Crippen molar-refractivity contribution in [3.63, 3.8) is 0 Å². The maximum atomic E-state index is 13.3. The van der Waals surface area contributed by atoms with Crippen LogP contribution in [0.4, 0.5) is 4.39 Å². The Hall–Kier alpha value is -0.800. The highest BCUT2D eigenvalue weighted by molar-refractivity contribution is 6.32. The molecular weight excluding hydrogens is 217 g/mol. The van der Waals surface area contributed by atoms with Gasteiger partial charge in [-0.2, -0.15) is 0 Å². The Balaban J connectivity index is 2.45. The van der Waals surface area contributed by atoms with Crippen LogP contribution in [0, 0.1) is 5.82 Å². The molecule has 0 bridgehead atoms.